The zero-order valence-corrected chi connectivity index (χ0v) is 14.3. The molecular formula is C18H28N4O. The molecule has 1 aromatic rings. The number of aliphatic imine (C=N–C) groups is 1. The summed E-state index contributed by atoms with van der Waals surface area (Å²) in [7, 11) is 1.74. The van der Waals surface area contributed by atoms with Gasteiger partial charge in [-0.15, -0.1) is 0 Å². The van der Waals surface area contributed by atoms with E-state index in [1.807, 2.05) is 12.1 Å². The van der Waals surface area contributed by atoms with Crippen LogP contribution >= 0.6 is 0 Å². The van der Waals surface area contributed by atoms with Crippen molar-refractivity contribution in [3.05, 3.63) is 24.3 Å². The first-order valence-corrected chi connectivity index (χ1v) is 8.73. The van der Waals surface area contributed by atoms with E-state index in [2.05, 4.69) is 34.2 Å². The Kier molecular flexibility index (Phi) is 5.26. The van der Waals surface area contributed by atoms with E-state index in [1.54, 1.807) is 7.11 Å². The zero-order chi connectivity index (χ0) is 16.1. The van der Waals surface area contributed by atoms with Crippen molar-refractivity contribution < 1.29 is 4.74 Å². The molecule has 3 rings (SSSR count). The van der Waals surface area contributed by atoms with Gasteiger partial charge in [0.25, 0.3) is 0 Å². The monoisotopic (exact) mass is 316 g/mol. The molecule has 1 N–H and O–H groups in total. The maximum atomic E-state index is 5.49. The van der Waals surface area contributed by atoms with Crippen molar-refractivity contribution in [1.29, 1.82) is 0 Å². The van der Waals surface area contributed by atoms with Crippen molar-refractivity contribution in [1.82, 2.24) is 10.2 Å². The van der Waals surface area contributed by atoms with Crippen molar-refractivity contribution >= 4 is 11.6 Å². The molecule has 1 heterocycles. The Bertz CT molecular complexity index is 534. The highest BCUT2D eigenvalue weighted by Gasteiger charge is 2.24. The molecule has 23 heavy (non-hydrogen) atoms. The summed E-state index contributed by atoms with van der Waals surface area (Å²) in [5, 5.41) is 3.45. The molecule has 2 fully saturated rings. The van der Waals surface area contributed by atoms with E-state index in [-0.39, 0.29) is 0 Å². The molecule has 1 aliphatic carbocycles. The summed E-state index contributed by atoms with van der Waals surface area (Å²) >= 11 is 0. The Balaban J connectivity index is 1.61. The molecular weight excluding hydrogens is 288 g/mol. The Morgan fingerprint density at radius 2 is 1.96 bits per heavy atom. The van der Waals surface area contributed by atoms with Gasteiger partial charge in [0.1, 0.15) is 5.75 Å². The van der Waals surface area contributed by atoms with Crippen LogP contribution in [0.5, 0.6) is 5.75 Å². The predicted molar refractivity (Wildman–Crippen MR) is 95.5 cm³/mol. The van der Waals surface area contributed by atoms with Crippen LogP contribution in [0.3, 0.4) is 0 Å². The number of rotatable bonds is 5. The van der Waals surface area contributed by atoms with Crippen LogP contribution in [0.1, 0.15) is 19.8 Å². The third kappa shape index (κ3) is 4.09. The fraction of sp³-hybridized carbons (Fsp3) is 0.611. The highest BCUT2D eigenvalue weighted by Crippen LogP contribution is 2.29. The van der Waals surface area contributed by atoms with Crippen LogP contribution in [0.15, 0.2) is 29.3 Å². The van der Waals surface area contributed by atoms with Crippen LogP contribution in [-0.2, 0) is 0 Å². The number of hydrogen-bond donors (Lipinski definition) is 1. The van der Waals surface area contributed by atoms with Gasteiger partial charge in [0, 0.05) is 39.3 Å². The van der Waals surface area contributed by atoms with E-state index in [1.165, 1.54) is 18.5 Å². The Morgan fingerprint density at radius 1 is 1.22 bits per heavy atom. The van der Waals surface area contributed by atoms with Crippen molar-refractivity contribution in [2.75, 3.05) is 51.3 Å². The lowest BCUT2D eigenvalue weighted by molar-refractivity contribution is 0.367. The number of benzene rings is 1. The minimum Gasteiger partial charge on any atom is -0.495 e. The molecule has 2 aliphatic rings. The first-order valence-electron chi connectivity index (χ1n) is 8.73. The second-order valence-electron chi connectivity index (χ2n) is 6.28. The topological polar surface area (TPSA) is 40.1 Å². The Morgan fingerprint density at radius 3 is 2.61 bits per heavy atom. The molecule has 0 radical (unpaired) electrons. The fourth-order valence-corrected chi connectivity index (χ4v) is 2.99. The van der Waals surface area contributed by atoms with E-state index in [4.69, 9.17) is 9.73 Å². The minimum absolute atomic E-state index is 0.832. The SMILES string of the molecule is CCNC(=NCC1CC1)N1CCN(c2ccccc2OC)CC1. The molecule has 0 spiro atoms. The summed E-state index contributed by atoms with van der Waals surface area (Å²) in [6, 6.07) is 8.27. The van der Waals surface area contributed by atoms with E-state index in [0.717, 1.165) is 56.9 Å². The lowest BCUT2D eigenvalue weighted by atomic mass is 10.2. The van der Waals surface area contributed by atoms with Crippen molar-refractivity contribution in [3.63, 3.8) is 0 Å². The number of nitrogens with one attached hydrogen (secondary N) is 1. The summed E-state index contributed by atoms with van der Waals surface area (Å²) in [6.45, 7) is 8.02. The van der Waals surface area contributed by atoms with Crippen molar-refractivity contribution in [3.8, 4) is 5.75 Å². The van der Waals surface area contributed by atoms with Gasteiger partial charge < -0.3 is 19.9 Å². The van der Waals surface area contributed by atoms with E-state index in [9.17, 15) is 0 Å². The standard InChI is InChI=1S/C18H28N4O/c1-3-19-18(20-14-15-8-9-15)22-12-10-21(11-13-22)16-6-4-5-7-17(16)23-2/h4-7,15H,3,8-14H2,1-2H3,(H,19,20). The molecule has 1 aromatic carbocycles. The second-order valence-corrected chi connectivity index (χ2v) is 6.28. The van der Waals surface area contributed by atoms with Crippen LogP contribution in [0.4, 0.5) is 5.69 Å². The third-order valence-corrected chi connectivity index (χ3v) is 4.54. The van der Waals surface area contributed by atoms with Crippen molar-refractivity contribution in [2.45, 2.75) is 19.8 Å². The fourth-order valence-electron chi connectivity index (χ4n) is 2.99. The van der Waals surface area contributed by atoms with Gasteiger partial charge in [0.2, 0.25) is 0 Å². The maximum absolute atomic E-state index is 5.49. The lowest BCUT2D eigenvalue weighted by Crippen LogP contribution is -2.52. The lowest BCUT2D eigenvalue weighted by Gasteiger charge is -2.38. The molecule has 0 atom stereocenters. The molecule has 5 nitrogen and oxygen atoms in total. The second kappa shape index (κ2) is 7.57. The normalized spacial score (nSPS) is 19.0. The predicted octanol–water partition coefficient (Wildman–Crippen LogP) is 2.19. The quantitative estimate of drug-likeness (QED) is 0.668. The van der Waals surface area contributed by atoms with Crippen LogP contribution in [0.2, 0.25) is 0 Å². The van der Waals surface area contributed by atoms with Gasteiger partial charge in [0.15, 0.2) is 5.96 Å². The van der Waals surface area contributed by atoms with Gasteiger partial charge >= 0.3 is 0 Å². The summed E-state index contributed by atoms with van der Waals surface area (Å²) in [6.07, 6.45) is 2.70. The van der Waals surface area contributed by atoms with Crippen LogP contribution < -0.4 is 15.0 Å². The Hall–Kier alpha value is -1.91. The number of guanidine groups is 1. The number of piperazine rings is 1. The van der Waals surface area contributed by atoms with Gasteiger partial charge in [-0.2, -0.15) is 0 Å². The van der Waals surface area contributed by atoms with Gasteiger partial charge in [0.05, 0.1) is 12.8 Å². The molecule has 1 saturated heterocycles. The molecule has 0 amide bonds. The molecule has 1 saturated carbocycles. The van der Waals surface area contributed by atoms with Crippen LogP contribution in [0.25, 0.3) is 0 Å². The summed E-state index contributed by atoms with van der Waals surface area (Å²) in [5.74, 6) is 2.87. The average Bonchev–Trinajstić information content (AvgIpc) is 3.43. The Labute approximate surface area is 139 Å². The number of hydrogen-bond acceptors (Lipinski definition) is 3. The van der Waals surface area contributed by atoms with E-state index >= 15 is 0 Å². The molecule has 5 heteroatoms. The number of ether oxygens (including phenoxy) is 1. The first kappa shape index (κ1) is 16.0. The highest BCUT2D eigenvalue weighted by atomic mass is 16.5. The maximum Gasteiger partial charge on any atom is 0.194 e. The van der Waals surface area contributed by atoms with Crippen LogP contribution in [0, 0.1) is 5.92 Å². The number of para-hydroxylation sites is 2. The van der Waals surface area contributed by atoms with Gasteiger partial charge in [-0.1, -0.05) is 12.1 Å². The van der Waals surface area contributed by atoms with Gasteiger partial charge in [-0.25, -0.2) is 0 Å². The first-order chi connectivity index (χ1) is 11.3. The van der Waals surface area contributed by atoms with E-state index in [0.29, 0.717) is 0 Å². The summed E-state index contributed by atoms with van der Waals surface area (Å²) in [5.41, 5.74) is 1.19. The molecule has 126 valence electrons. The number of nitrogens with zero attached hydrogens (tertiary/aromatic N) is 3. The summed E-state index contributed by atoms with van der Waals surface area (Å²) < 4.78 is 5.49. The van der Waals surface area contributed by atoms with E-state index < -0.39 is 0 Å². The number of methoxy groups -OCH3 is 1. The van der Waals surface area contributed by atoms with Gasteiger partial charge in [-0.05, 0) is 37.8 Å². The number of anilines is 1. The average molecular weight is 316 g/mol. The van der Waals surface area contributed by atoms with Gasteiger partial charge in [-0.3, -0.25) is 4.99 Å². The third-order valence-electron chi connectivity index (χ3n) is 4.54. The van der Waals surface area contributed by atoms with Crippen molar-refractivity contribution in [2.24, 2.45) is 10.9 Å². The summed E-state index contributed by atoms with van der Waals surface area (Å²) in [4.78, 5) is 9.61. The zero-order valence-electron chi connectivity index (χ0n) is 14.3. The molecule has 0 aromatic heterocycles. The highest BCUT2D eigenvalue weighted by molar-refractivity contribution is 5.80. The molecule has 0 bridgehead atoms. The van der Waals surface area contributed by atoms with Crippen LogP contribution in [-0.4, -0.2) is 57.2 Å². The smallest absolute Gasteiger partial charge is 0.194 e. The largest absolute Gasteiger partial charge is 0.495 e. The molecule has 0 unspecified atom stereocenters. The molecule has 1 aliphatic heterocycles. The minimum atomic E-state index is 0.832.